The van der Waals surface area contributed by atoms with Crippen LogP contribution in [0, 0.1) is 5.92 Å². The quantitative estimate of drug-likeness (QED) is 0.511. The van der Waals surface area contributed by atoms with Gasteiger partial charge < -0.3 is 14.6 Å². The van der Waals surface area contributed by atoms with Gasteiger partial charge in [-0.3, -0.25) is 0 Å². The second-order valence-corrected chi connectivity index (χ2v) is 7.35. The molecule has 0 fully saturated rings. The maximum absolute atomic E-state index is 5.46. The van der Waals surface area contributed by atoms with Gasteiger partial charge in [0.25, 0.3) is 0 Å². The number of anilines is 1. The molecule has 1 unspecified atom stereocenters. The molecule has 0 saturated carbocycles. The first kappa shape index (κ1) is 18.9. The van der Waals surface area contributed by atoms with Crippen LogP contribution in [0.2, 0.25) is 0 Å². The van der Waals surface area contributed by atoms with Crippen molar-refractivity contribution >= 4 is 16.9 Å². The van der Waals surface area contributed by atoms with Gasteiger partial charge in [0.1, 0.15) is 23.5 Å². The Kier molecular flexibility index (Phi) is 5.42. The predicted octanol–water partition coefficient (Wildman–Crippen LogP) is 4.33. The topological polar surface area (TPSA) is 64.9 Å². The summed E-state index contributed by atoms with van der Waals surface area (Å²) >= 11 is 0. The lowest BCUT2D eigenvalue weighted by atomic mass is 10.0. The zero-order chi connectivity index (χ0) is 20.2. The Bertz CT molecular complexity index is 1120. The van der Waals surface area contributed by atoms with E-state index >= 15 is 0 Å². The molecule has 0 amide bonds. The van der Waals surface area contributed by atoms with Crippen LogP contribution in [0.1, 0.15) is 12.5 Å². The fourth-order valence-corrected chi connectivity index (χ4v) is 3.50. The summed E-state index contributed by atoms with van der Waals surface area (Å²) in [5, 5.41) is 4.54. The fraction of sp³-hybridized carbons (Fsp3) is 0.261. The standard InChI is InChI=1S/C23H25N5O/c1-16(10-17-6-4-5-7-21(17)29-3)13-24-22-12-20(26-15-27-22)19-11-18-8-9-28(2)23(18)25-14-19/h4-9,11-12,14-16H,10,13H2,1-3H3,(H,24,26,27). The van der Waals surface area contributed by atoms with Crippen LogP contribution in [-0.4, -0.2) is 33.2 Å². The summed E-state index contributed by atoms with van der Waals surface area (Å²) in [5.41, 5.74) is 4.02. The van der Waals surface area contributed by atoms with Crippen LogP contribution < -0.4 is 10.1 Å². The van der Waals surface area contributed by atoms with E-state index in [0.29, 0.717) is 5.92 Å². The minimum absolute atomic E-state index is 0.423. The fourth-order valence-electron chi connectivity index (χ4n) is 3.50. The minimum Gasteiger partial charge on any atom is -0.496 e. The maximum atomic E-state index is 5.46. The molecule has 0 aliphatic rings. The summed E-state index contributed by atoms with van der Waals surface area (Å²) in [7, 11) is 3.71. The molecule has 6 nitrogen and oxygen atoms in total. The molecule has 3 heterocycles. The number of para-hydroxylation sites is 1. The number of rotatable bonds is 7. The third-order valence-corrected chi connectivity index (χ3v) is 5.06. The van der Waals surface area contributed by atoms with Crippen molar-refractivity contribution < 1.29 is 4.74 Å². The van der Waals surface area contributed by atoms with Gasteiger partial charge in [0.05, 0.1) is 12.8 Å². The van der Waals surface area contributed by atoms with Crippen molar-refractivity contribution in [3.63, 3.8) is 0 Å². The lowest BCUT2D eigenvalue weighted by Gasteiger charge is -2.15. The van der Waals surface area contributed by atoms with E-state index < -0.39 is 0 Å². The highest BCUT2D eigenvalue weighted by atomic mass is 16.5. The van der Waals surface area contributed by atoms with Crippen molar-refractivity contribution in [2.45, 2.75) is 13.3 Å². The van der Waals surface area contributed by atoms with Crippen molar-refractivity contribution in [1.29, 1.82) is 0 Å². The van der Waals surface area contributed by atoms with E-state index in [-0.39, 0.29) is 0 Å². The van der Waals surface area contributed by atoms with Crippen LogP contribution in [0.5, 0.6) is 5.75 Å². The first-order valence-corrected chi connectivity index (χ1v) is 9.73. The molecular formula is C23H25N5O. The highest BCUT2D eigenvalue weighted by molar-refractivity contribution is 5.81. The van der Waals surface area contributed by atoms with Gasteiger partial charge >= 0.3 is 0 Å². The van der Waals surface area contributed by atoms with Crippen molar-refractivity contribution in [2.24, 2.45) is 13.0 Å². The second-order valence-electron chi connectivity index (χ2n) is 7.35. The Labute approximate surface area is 170 Å². The lowest BCUT2D eigenvalue weighted by molar-refractivity contribution is 0.406. The molecule has 0 spiro atoms. The number of ether oxygens (including phenoxy) is 1. The maximum Gasteiger partial charge on any atom is 0.139 e. The van der Waals surface area contributed by atoms with E-state index in [2.05, 4.69) is 45.4 Å². The molecule has 29 heavy (non-hydrogen) atoms. The van der Waals surface area contributed by atoms with Gasteiger partial charge in [-0.1, -0.05) is 25.1 Å². The third kappa shape index (κ3) is 4.21. The molecule has 0 radical (unpaired) electrons. The van der Waals surface area contributed by atoms with Gasteiger partial charge in [-0.15, -0.1) is 0 Å². The van der Waals surface area contributed by atoms with Gasteiger partial charge in [-0.2, -0.15) is 0 Å². The summed E-state index contributed by atoms with van der Waals surface area (Å²) in [6.07, 6.45) is 6.40. The zero-order valence-electron chi connectivity index (χ0n) is 17.0. The normalized spacial score (nSPS) is 12.1. The highest BCUT2D eigenvalue weighted by Gasteiger charge is 2.10. The predicted molar refractivity (Wildman–Crippen MR) is 116 cm³/mol. The molecule has 1 atom stereocenters. The Morgan fingerprint density at radius 2 is 1.97 bits per heavy atom. The molecule has 6 heteroatoms. The molecule has 1 aromatic carbocycles. The van der Waals surface area contributed by atoms with E-state index in [1.165, 1.54) is 5.56 Å². The van der Waals surface area contributed by atoms with Crippen LogP contribution in [0.4, 0.5) is 5.82 Å². The monoisotopic (exact) mass is 387 g/mol. The number of benzene rings is 1. The molecule has 0 aliphatic heterocycles. The molecular weight excluding hydrogens is 362 g/mol. The molecule has 0 saturated heterocycles. The number of hydrogen-bond donors (Lipinski definition) is 1. The number of aromatic nitrogens is 4. The van der Waals surface area contributed by atoms with Gasteiger partial charge in [0.2, 0.25) is 0 Å². The molecule has 148 valence electrons. The van der Waals surface area contributed by atoms with Crippen molar-refractivity contribution in [3.05, 3.63) is 66.7 Å². The van der Waals surface area contributed by atoms with Gasteiger partial charge in [-0.25, -0.2) is 15.0 Å². The zero-order valence-corrected chi connectivity index (χ0v) is 17.0. The van der Waals surface area contributed by atoms with Gasteiger partial charge in [0, 0.05) is 43.0 Å². The average Bonchev–Trinajstić information content (AvgIpc) is 3.13. The summed E-state index contributed by atoms with van der Waals surface area (Å²) < 4.78 is 7.47. The van der Waals surface area contributed by atoms with Crippen LogP contribution in [0.15, 0.2) is 61.2 Å². The molecule has 4 aromatic rings. The largest absolute Gasteiger partial charge is 0.496 e. The van der Waals surface area contributed by atoms with E-state index in [1.54, 1.807) is 13.4 Å². The molecule has 0 bridgehead atoms. The second kappa shape index (κ2) is 8.31. The van der Waals surface area contributed by atoms with Gasteiger partial charge in [0.15, 0.2) is 0 Å². The number of nitrogens with zero attached hydrogens (tertiary/aromatic N) is 4. The first-order chi connectivity index (χ1) is 14.1. The van der Waals surface area contributed by atoms with Crippen LogP contribution >= 0.6 is 0 Å². The average molecular weight is 387 g/mol. The Balaban J connectivity index is 1.44. The van der Waals surface area contributed by atoms with E-state index in [9.17, 15) is 0 Å². The summed E-state index contributed by atoms with van der Waals surface area (Å²) in [6.45, 7) is 3.03. The van der Waals surface area contributed by atoms with Crippen molar-refractivity contribution in [3.8, 4) is 17.0 Å². The summed E-state index contributed by atoms with van der Waals surface area (Å²) in [6, 6.07) is 14.3. The number of nitrogens with one attached hydrogen (secondary N) is 1. The summed E-state index contributed by atoms with van der Waals surface area (Å²) in [4.78, 5) is 13.4. The molecule has 1 N–H and O–H groups in total. The number of aryl methyl sites for hydroxylation is 1. The first-order valence-electron chi connectivity index (χ1n) is 9.73. The van der Waals surface area contributed by atoms with Crippen LogP contribution in [0.3, 0.4) is 0 Å². The smallest absolute Gasteiger partial charge is 0.139 e. The van der Waals surface area contributed by atoms with Crippen LogP contribution in [-0.2, 0) is 13.5 Å². The third-order valence-electron chi connectivity index (χ3n) is 5.06. The SMILES string of the molecule is COc1ccccc1CC(C)CNc1cc(-c2cnc3c(ccn3C)c2)ncn1. The molecule has 4 rings (SSSR count). The van der Waals surface area contributed by atoms with E-state index in [0.717, 1.165) is 46.8 Å². The van der Waals surface area contributed by atoms with Crippen molar-refractivity contribution in [2.75, 3.05) is 19.0 Å². The number of pyridine rings is 1. The lowest BCUT2D eigenvalue weighted by Crippen LogP contribution is -2.15. The summed E-state index contributed by atoms with van der Waals surface area (Å²) in [5.74, 6) is 2.18. The minimum atomic E-state index is 0.423. The van der Waals surface area contributed by atoms with E-state index in [4.69, 9.17) is 4.74 Å². The number of methoxy groups -OCH3 is 1. The van der Waals surface area contributed by atoms with Gasteiger partial charge in [-0.05, 0) is 36.1 Å². The van der Waals surface area contributed by atoms with E-state index in [1.807, 2.05) is 48.3 Å². The Morgan fingerprint density at radius 1 is 1.10 bits per heavy atom. The number of hydrogen-bond acceptors (Lipinski definition) is 5. The Hall–Kier alpha value is -3.41. The molecule has 0 aliphatic carbocycles. The number of fused-ring (bicyclic) bond motifs is 1. The highest BCUT2D eigenvalue weighted by Crippen LogP contribution is 2.24. The van der Waals surface area contributed by atoms with Crippen molar-refractivity contribution in [1.82, 2.24) is 19.5 Å². The molecule has 3 aromatic heterocycles. The Morgan fingerprint density at radius 3 is 2.83 bits per heavy atom. The van der Waals surface area contributed by atoms with Crippen LogP contribution in [0.25, 0.3) is 22.3 Å².